The lowest BCUT2D eigenvalue weighted by Gasteiger charge is -2.48. The molecule has 3 unspecified atom stereocenters. The van der Waals surface area contributed by atoms with E-state index in [0.717, 1.165) is 18.8 Å². The summed E-state index contributed by atoms with van der Waals surface area (Å²) in [4.78, 5) is 24.3. The Bertz CT molecular complexity index is 494. The molecule has 0 amide bonds. The van der Waals surface area contributed by atoms with Gasteiger partial charge in [-0.15, -0.1) is 0 Å². The number of ether oxygens (including phenoxy) is 2. The van der Waals surface area contributed by atoms with Gasteiger partial charge in [0.05, 0.1) is 5.41 Å². The Morgan fingerprint density at radius 1 is 1.12 bits per heavy atom. The van der Waals surface area contributed by atoms with Crippen LogP contribution in [0.5, 0.6) is 0 Å². The van der Waals surface area contributed by atoms with Gasteiger partial charge < -0.3 is 9.47 Å². The number of carbonyl (C=O) groups excluding carboxylic acids is 2. The van der Waals surface area contributed by atoms with Crippen LogP contribution >= 0.6 is 0 Å². The first kappa shape index (κ1) is 19.3. The van der Waals surface area contributed by atoms with Gasteiger partial charge in [0.25, 0.3) is 0 Å². The minimum absolute atomic E-state index is 0.0677. The predicted octanol–water partition coefficient (Wildman–Crippen LogP) is 4.50. The van der Waals surface area contributed by atoms with Crippen molar-refractivity contribution in [2.45, 2.75) is 85.7 Å². The van der Waals surface area contributed by atoms with Gasteiger partial charge in [-0.25, -0.2) is 4.79 Å². The molecule has 2 saturated carbocycles. The van der Waals surface area contributed by atoms with Gasteiger partial charge in [-0.05, 0) is 71.6 Å². The molecule has 0 radical (unpaired) electrons. The summed E-state index contributed by atoms with van der Waals surface area (Å²) in [6, 6.07) is 0. The van der Waals surface area contributed by atoms with Crippen molar-refractivity contribution in [2.24, 2.45) is 22.7 Å². The van der Waals surface area contributed by atoms with Crippen LogP contribution in [0.15, 0.2) is 0 Å². The van der Waals surface area contributed by atoms with Crippen molar-refractivity contribution in [2.75, 3.05) is 6.61 Å². The van der Waals surface area contributed by atoms with Gasteiger partial charge in [0.1, 0.15) is 5.60 Å². The highest BCUT2D eigenvalue weighted by Crippen LogP contribution is 2.62. The van der Waals surface area contributed by atoms with Gasteiger partial charge in [0.2, 0.25) is 0 Å². The monoisotopic (exact) mass is 338 g/mol. The zero-order valence-electron chi connectivity index (χ0n) is 16.2. The van der Waals surface area contributed by atoms with Gasteiger partial charge in [-0.2, -0.15) is 0 Å². The van der Waals surface area contributed by atoms with Crippen molar-refractivity contribution in [1.82, 2.24) is 0 Å². The minimum atomic E-state index is -0.564. The Morgan fingerprint density at radius 3 is 2.25 bits per heavy atom. The highest BCUT2D eigenvalue weighted by atomic mass is 16.6. The van der Waals surface area contributed by atoms with Gasteiger partial charge in [0.15, 0.2) is 6.61 Å². The van der Waals surface area contributed by atoms with E-state index < -0.39 is 17.0 Å². The van der Waals surface area contributed by atoms with Crippen molar-refractivity contribution < 1.29 is 19.1 Å². The van der Waals surface area contributed by atoms with Crippen LogP contribution in [-0.2, 0) is 19.1 Å². The van der Waals surface area contributed by atoms with E-state index in [1.165, 1.54) is 19.3 Å². The molecule has 138 valence electrons. The fraction of sp³-hybridized carbons (Fsp3) is 0.900. The van der Waals surface area contributed by atoms with Crippen LogP contribution in [0.2, 0.25) is 0 Å². The SMILES string of the molecule is CCC(C)(C)C(=O)OCC(=O)OC(C)(C)C1(CC)CC2CCC1C2. The standard InChI is InChI=1S/C20H34O4/c1-7-18(3,4)17(22)23-13-16(21)24-19(5,6)20(8-2)12-14-9-10-15(20)11-14/h14-15H,7-13H2,1-6H3. The predicted molar refractivity (Wildman–Crippen MR) is 93.4 cm³/mol. The number of carbonyl (C=O) groups is 2. The lowest BCUT2D eigenvalue weighted by Crippen LogP contribution is -2.50. The van der Waals surface area contributed by atoms with E-state index in [1.807, 2.05) is 34.6 Å². The number of hydrogen-bond donors (Lipinski definition) is 0. The lowest BCUT2D eigenvalue weighted by molar-refractivity contribution is -0.186. The van der Waals surface area contributed by atoms with Crippen molar-refractivity contribution in [3.63, 3.8) is 0 Å². The second-order valence-corrected chi connectivity index (χ2v) is 8.89. The van der Waals surface area contributed by atoms with Crippen LogP contribution < -0.4 is 0 Å². The molecule has 24 heavy (non-hydrogen) atoms. The third kappa shape index (κ3) is 3.34. The van der Waals surface area contributed by atoms with Crippen molar-refractivity contribution in [3.05, 3.63) is 0 Å². The third-order valence-electron chi connectivity index (χ3n) is 6.93. The summed E-state index contributed by atoms with van der Waals surface area (Å²) >= 11 is 0. The van der Waals surface area contributed by atoms with Gasteiger partial charge in [-0.1, -0.05) is 20.3 Å². The molecule has 2 rings (SSSR count). The van der Waals surface area contributed by atoms with E-state index in [4.69, 9.17) is 9.47 Å². The van der Waals surface area contributed by atoms with Gasteiger partial charge >= 0.3 is 11.9 Å². The van der Waals surface area contributed by atoms with E-state index in [-0.39, 0.29) is 18.0 Å². The first-order chi connectivity index (χ1) is 11.1. The van der Waals surface area contributed by atoms with E-state index in [0.29, 0.717) is 12.3 Å². The van der Waals surface area contributed by atoms with Gasteiger partial charge in [0, 0.05) is 5.41 Å². The highest BCUT2D eigenvalue weighted by Gasteiger charge is 2.58. The molecule has 2 aliphatic carbocycles. The molecule has 0 saturated heterocycles. The van der Waals surface area contributed by atoms with E-state index >= 15 is 0 Å². The zero-order chi connectivity index (χ0) is 18.2. The molecular formula is C20H34O4. The topological polar surface area (TPSA) is 52.6 Å². The number of esters is 2. The molecule has 4 heteroatoms. The molecule has 0 heterocycles. The summed E-state index contributed by atoms with van der Waals surface area (Å²) in [5, 5.41) is 0. The quantitative estimate of drug-likeness (QED) is 0.641. The molecule has 3 atom stereocenters. The smallest absolute Gasteiger partial charge is 0.344 e. The molecule has 0 aromatic rings. The fourth-order valence-corrected chi connectivity index (χ4v) is 4.92. The molecule has 0 N–H and O–H groups in total. The first-order valence-corrected chi connectivity index (χ1v) is 9.47. The average molecular weight is 338 g/mol. The van der Waals surface area contributed by atoms with E-state index in [2.05, 4.69) is 6.92 Å². The summed E-state index contributed by atoms with van der Waals surface area (Å²) < 4.78 is 11.0. The van der Waals surface area contributed by atoms with Gasteiger partial charge in [-0.3, -0.25) is 4.79 Å². The summed E-state index contributed by atoms with van der Waals surface area (Å²) in [5.74, 6) is 0.661. The summed E-state index contributed by atoms with van der Waals surface area (Å²) in [7, 11) is 0. The molecule has 2 bridgehead atoms. The summed E-state index contributed by atoms with van der Waals surface area (Å²) in [5.41, 5.74) is -1.02. The Balaban J connectivity index is 1.96. The van der Waals surface area contributed by atoms with Crippen molar-refractivity contribution >= 4 is 11.9 Å². The Labute approximate surface area is 146 Å². The Kier molecular flexibility index (Phi) is 5.37. The maximum Gasteiger partial charge on any atom is 0.344 e. The summed E-state index contributed by atoms with van der Waals surface area (Å²) in [6.07, 6.45) is 6.69. The van der Waals surface area contributed by atoms with Crippen molar-refractivity contribution in [1.29, 1.82) is 0 Å². The fourth-order valence-electron chi connectivity index (χ4n) is 4.92. The maximum absolute atomic E-state index is 12.3. The molecule has 4 nitrogen and oxygen atoms in total. The molecule has 0 aromatic carbocycles. The van der Waals surface area contributed by atoms with Crippen LogP contribution in [0.4, 0.5) is 0 Å². The second-order valence-electron chi connectivity index (χ2n) is 8.89. The van der Waals surface area contributed by atoms with Crippen LogP contribution in [0.3, 0.4) is 0 Å². The third-order valence-corrected chi connectivity index (χ3v) is 6.93. The molecule has 0 spiro atoms. The molecular weight excluding hydrogens is 304 g/mol. The Hall–Kier alpha value is -1.06. The number of fused-ring (bicyclic) bond motifs is 2. The second kappa shape index (κ2) is 6.68. The lowest BCUT2D eigenvalue weighted by atomic mass is 9.62. The normalized spacial score (nSPS) is 29.6. The average Bonchev–Trinajstić information content (AvgIpc) is 3.13. The highest BCUT2D eigenvalue weighted by molar-refractivity contribution is 5.79. The number of hydrogen-bond acceptors (Lipinski definition) is 4. The van der Waals surface area contributed by atoms with E-state index in [9.17, 15) is 9.59 Å². The molecule has 0 aliphatic heterocycles. The maximum atomic E-state index is 12.3. The Morgan fingerprint density at radius 2 is 1.79 bits per heavy atom. The van der Waals surface area contributed by atoms with Crippen LogP contribution in [-0.4, -0.2) is 24.1 Å². The largest absolute Gasteiger partial charge is 0.457 e. The molecule has 2 fully saturated rings. The molecule has 0 aromatic heterocycles. The minimum Gasteiger partial charge on any atom is -0.457 e. The zero-order valence-corrected chi connectivity index (χ0v) is 16.2. The molecule has 2 aliphatic rings. The number of rotatable bonds is 7. The van der Waals surface area contributed by atoms with Crippen LogP contribution in [0, 0.1) is 22.7 Å². The first-order valence-electron chi connectivity index (χ1n) is 9.47. The van der Waals surface area contributed by atoms with E-state index in [1.54, 1.807) is 0 Å². The summed E-state index contributed by atoms with van der Waals surface area (Å²) in [6.45, 7) is 11.6. The van der Waals surface area contributed by atoms with Crippen molar-refractivity contribution in [3.8, 4) is 0 Å². The van der Waals surface area contributed by atoms with Crippen LogP contribution in [0.1, 0.15) is 80.1 Å². The van der Waals surface area contributed by atoms with Crippen LogP contribution in [0.25, 0.3) is 0 Å².